The number of thiazole rings is 1. The van der Waals surface area contributed by atoms with Gasteiger partial charge in [0.2, 0.25) is 0 Å². The maximum atomic E-state index is 12.7. The Bertz CT molecular complexity index is 1010. The molecule has 27 heavy (non-hydrogen) atoms. The van der Waals surface area contributed by atoms with E-state index < -0.39 is 10.8 Å². The van der Waals surface area contributed by atoms with Gasteiger partial charge in [0.05, 0.1) is 28.6 Å². The smallest absolute Gasteiger partial charge is 0.123 e. The fraction of sp³-hybridized carbons (Fsp3) is 0.238. The van der Waals surface area contributed by atoms with Crippen LogP contribution in [0.4, 0.5) is 0 Å². The van der Waals surface area contributed by atoms with E-state index in [2.05, 4.69) is 33.9 Å². The zero-order valence-corrected chi connectivity index (χ0v) is 16.4. The third-order valence-corrected chi connectivity index (χ3v) is 6.97. The number of hydrogen-bond acceptors (Lipinski definition) is 5. The molecule has 4 rings (SSSR count). The summed E-state index contributed by atoms with van der Waals surface area (Å²) in [6, 6.07) is 18.2. The van der Waals surface area contributed by atoms with Crippen molar-refractivity contribution in [2.75, 3.05) is 5.75 Å². The molecule has 4 nitrogen and oxygen atoms in total. The van der Waals surface area contributed by atoms with Crippen molar-refractivity contribution in [3.05, 3.63) is 70.7 Å². The van der Waals surface area contributed by atoms with E-state index in [9.17, 15) is 4.21 Å². The van der Waals surface area contributed by atoms with E-state index in [0.717, 1.165) is 26.7 Å². The summed E-state index contributed by atoms with van der Waals surface area (Å²) in [7, 11) is -1.07. The van der Waals surface area contributed by atoms with Crippen molar-refractivity contribution in [1.29, 1.82) is 5.26 Å². The first-order chi connectivity index (χ1) is 13.2. The number of aromatic nitrogens is 1. The van der Waals surface area contributed by atoms with E-state index >= 15 is 0 Å². The Balaban J connectivity index is 1.42. The molecule has 0 aliphatic carbocycles. The van der Waals surface area contributed by atoms with Crippen LogP contribution in [-0.2, 0) is 30.2 Å². The average molecular weight is 394 g/mol. The highest BCUT2D eigenvalue weighted by atomic mass is 32.2. The summed E-state index contributed by atoms with van der Waals surface area (Å²) in [6.07, 6.45) is 1.36. The first kappa shape index (κ1) is 18.1. The van der Waals surface area contributed by atoms with Crippen LogP contribution in [0.25, 0.3) is 10.6 Å². The maximum absolute atomic E-state index is 12.7. The lowest BCUT2D eigenvalue weighted by atomic mass is 9.97. The van der Waals surface area contributed by atoms with E-state index in [4.69, 9.17) is 5.26 Å². The number of benzene rings is 2. The molecule has 1 N–H and O–H groups in total. The van der Waals surface area contributed by atoms with Gasteiger partial charge >= 0.3 is 0 Å². The lowest BCUT2D eigenvalue weighted by molar-refractivity contribution is 0.561. The molecule has 0 amide bonds. The third kappa shape index (κ3) is 4.16. The van der Waals surface area contributed by atoms with Crippen LogP contribution in [0.2, 0.25) is 0 Å². The summed E-state index contributed by atoms with van der Waals surface area (Å²) in [5.74, 6) is 0.552. The second-order valence-electron chi connectivity index (χ2n) is 6.51. The van der Waals surface area contributed by atoms with Crippen LogP contribution in [0, 0.1) is 11.3 Å². The van der Waals surface area contributed by atoms with Crippen LogP contribution in [0.1, 0.15) is 16.8 Å². The van der Waals surface area contributed by atoms with Gasteiger partial charge in [-0.25, -0.2) is 4.98 Å². The van der Waals surface area contributed by atoms with Crippen molar-refractivity contribution in [1.82, 2.24) is 10.3 Å². The normalized spacial score (nSPS) is 17.1. The fourth-order valence-electron chi connectivity index (χ4n) is 3.17. The number of aryl methyl sites for hydroxylation is 1. The summed E-state index contributed by atoms with van der Waals surface area (Å²) in [5.41, 5.74) is 4.42. The highest BCUT2D eigenvalue weighted by Crippen LogP contribution is 2.24. The van der Waals surface area contributed by atoms with Gasteiger partial charge in [0.1, 0.15) is 5.01 Å². The predicted molar refractivity (Wildman–Crippen MR) is 109 cm³/mol. The number of rotatable bonds is 5. The topological polar surface area (TPSA) is 65.8 Å². The molecule has 2 unspecified atom stereocenters. The number of nitriles is 1. The van der Waals surface area contributed by atoms with Crippen molar-refractivity contribution in [2.45, 2.75) is 30.3 Å². The fourth-order valence-corrected chi connectivity index (χ4v) is 5.16. The van der Waals surface area contributed by atoms with Gasteiger partial charge in [-0.05, 0) is 23.3 Å². The second kappa shape index (κ2) is 8.13. The van der Waals surface area contributed by atoms with E-state index in [1.54, 1.807) is 11.3 Å². The van der Waals surface area contributed by atoms with Gasteiger partial charge in [-0.2, -0.15) is 5.26 Å². The van der Waals surface area contributed by atoms with Crippen LogP contribution in [0.15, 0.2) is 58.8 Å². The molecule has 0 bridgehead atoms. The second-order valence-corrected chi connectivity index (χ2v) is 8.94. The minimum Gasteiger partial charge on any atom is -0.298 e. The molecule has 0 saturated heterocycles. The van der Waals surface area contributed by atoms with Crippen molar-refractivity contribution in [2.24, 2.45) is 0 Å². The first-order valence-electron chi connectivity index (χ1n) is 8.86. The van der Waals surface area contributed by atoms with Gasteiger partial charge in [0.15, 0.2) is 0 Å². The van der Waals surface area contributed by atoms with Crippen molar-refractivity contribution in [3.8, 4) is 16.6 Å². The number of nitrogens with zero attached hydrogens (tertiary/aromatic N) is 2. The Hall–Kier alpha value is -2.33. The van der Waals surface area contributed by atoms with Gasteiger partial charge in [0, 0.05) is 41.0 Å². The van der Waals surface area contributed by atoms with E-state index in [1.165, 1.54) is 5.56 Å². The molecule has 136 valence electrons. The molecule has 1 aliphatic rings. The molecule has 2 atom stereocenters. The lowest BCUT2D eigenvalue weighted by Crippen LogP contribution is -2.34. The third-order valence-electron chi connectivity index (χ3n) is 4.68. The highest BCUT2D eigenvalue weighted by Gasteiger charge is 2.18. The van der Waals surface area contributed by atoms with Gasteiger partial charge in [-0.3, -0.25) is 9.53 Å². The molecule has 1 aromatic heterocycles. The minimum atomic E-state index is -1.07. The lowest BCUT2D eigenvalue weighted by Gasteiger charge is -2.21. The highest BCUT2D eigenvalue weighted by molar-refractivity contribution is 7.85. The van der Waals surface area contributed by atoms with Crippen molar-refractivity contribution in [3.63, 3.8) is 0 Å². The molecule has 0 fully saturated rings. The van der Waals surface area contributed by atoms with Gasteiger partial charge < -0.3 is 0 Å². The van der Waals surface area contributed by atoms with Crippen LogP contribution in [0.5, 0.6) is 0 Å². The Labute approximate surface area is 165 Å². The van der Waals surface area contributed by atoms with Crippen LogP contribution < -0.4 is 5.32 Å². The van der Waals surface area contributed by atoms with Gasteiger partial charge in [-0.1, -0.05) is 36.4 Å². The molecule has 0 radical (unpaired) electrons. The summed E-state index contributed by atoms with van der Waals surface area (Å²) >= 11 is 1.62. The first-order valence-corrected chi connectivity index (χ1v) is 11.1. The molecule has 2 aromatic carbocycles. The molecule has 1 aliphatic heterocycles. The minimum absolute atomic E-state index is 0.160. The molecule has 0 saturated carbocycles. The quantitative estimate of drug-likeness (QED) is 0.718. The molecule has 3 aromatic rings. The van der Waals surface area contributed by atoms with Crippen molar-refractivity contribution >= 4 is 22.1 Å². The van der Waals surface area contributed by atoms with Crippen LogP contribution in [0.3, 0.4) is 0 Å². The Morgan fingerprint density at radius 3 is 2.89 bits per heavy atom. The molecule has 2 heterocycles. The van der Waals surface area contributed by atoms with E-state index in [0.29, 0.717) is 25.1 Å². The largest absolute Gasteiger partial charge is 0.298 e. The molecular weight excluding hydrogens is 374 g/mol. The standard InChI is InChI=1S/C21H19N3OS2/c22-12-19-10-17-11-20(7-6-16(17)13-23-19)27(25)9-8-18-14-26-21(24-18)15-4-2-1-3-5-15/h1-7,11,14,19,23H,8-10,13H2. The summed E-state index contributed by atoms with van der Waals surface area (Å²) in [5, 5.41) is 15.4. The predicted octanol–water partition coefficient (Wildman–Crippen LogP) is 3.70. The van der Waals surface area contributed by atoms with Gasteiger partial charge in [0.25, 0.3) is 0 Å². The maximum Gasteiger partial charge on any atom is 0.123 e. The van der Waals surface area contributed by atoms with E-state index in [-0.39, 0.29) is 6.04 Å². The number of hydrogen-bond donors (Lipinski definition) is 1. The Morgan fingerprint density at radius 2 is 2.07 bits per heavy atom. The summed E-state index contributed by atoms with van der Waals surface area (Å²) in [6.45, 7) is 0.696. The number of fused-ring (bicyclic) bond motifs is 1. The van der Waals surface area contributed by atoms with Gasteiger partial charge in [-0.15, -0.1) is 11.3 Å². The van der Waals surface area contributed by atoms with Crippen LogP contribution >= 0.6 is 11.3 Å². The summed E-state index contributed by atoms with van der Waals surface area (Å²) in [4.78, 5) is 5.52. The monoisotopic (exact) mass is 393 g/mol. The molecular formula is C21H19N3OS2. The summed E-state index contributed by atoms with van der Waals surface area (Å²) < 4.78 is 12.7. The average Bonchev–Trinajstić information content (AvgIpc) is 3.21. The SMILES string of the molecule is N#CC1Cc2cc(S(=O)CCc3csc(-c4ccccc4)n3)ccc2CN1. The van der Waals surface area contributed by atoms with Crippen molar-refractivity contribution < 1.29 is 4.21 Å². The number of nitrogens with one attached hydrogen (secondary N) is 1. The van der Waals surface area contributed by atoms with E-state index in [1.807, 2.05) is 36.4 Å². The Kier molecular flexibility index (Phi) is 5.44. The molecule has 0 spiro atoms. The zero-order chi connectivity index (χ0) is 18.6. The molecule has 6 heteroatoms. The van der Waals surface area contributed by atoms with Crippen LogP contribution in [-0.4, -0.2) is 21.0 Å². The Morgan fingerprint density at radius 1 is 1.22 bits per heavy atom. The zero-order valence-electron chi connectivity index (χ0n) is 14.7.